The number of carbonyl (C=O) groups excluding carboxylic acids is 1. The molecule has 0 aliphatic rings. The Hall–Kier alpha value is -1.19. The third-order valence-electron chi connectivity index (χ3n) is 1.37. The van der Waals surface area contributed by atoms with Gasteiger partial charge >= 0.3 is 5.97 Å². The highest BCUT2D eigenvalue weighted by molar-refractivity contribution is 8.03. The molecule has 0 fully saturated rings. The van der Waals surface area contributed by atoms with Gasteiger partial charge in [-0.05, 0) is 29.0 Å². The number of esters is 1. The molecule has 1 rings (SSSR count). The lowest BCUT2D eigenvalue weighted by Crippen LogP contribution is -2.01. The highest BCUT2D eigenvalue weighted by Crippen LogP contribution is 2.20. The van der Waals surface area contributed by atoms with E-state index in [2.05, 4.69) is 20.3 Å². The fourth-order valence-corrected chi connectivity index (χ4v) is 1.65. The van der Waals surface area contributed by atoms with E-state index in [-0.39, 0.29) is 5.82 Å². The van der Waals surface area contributed by atoms with Crippen LogP contribution in [0.3, 0.4) is 0 Å². The van der Waals surface area contributed by atoms with E-state index in [0.717, 1.165) is 11.5 Å². The Labute approximate surface area is 104 Å². The Morgan fingerprint density at radius 3 is 2.69 bits per heavy atom. The van der Waals surface area contributed by atoms with E-state index >= 15 is 0 Å². The molecule has 0 spiro atoms. The molecular weight excluding hydrogens is 244 g/mol. The van der Waals surface area contributed by atoms with E-state index in [1.807, 2.05) is 20.1 Å². The van der Waals surface area contributed by atoms with Gasteiger partial charge in [0.15, 0.2) is 10.7 Å². The van der Waals surface area contributed by atoms with E-state index < -0.39 is 5.97 Å². The van der Waals surface area contributed by atoms with Crippen molar-refractivity contribution in [3.8, 4) is 11.2 Å². The van der Waals surface area contributed by atoms with Gasteiger partial charge in [-0.3, -0.25) is 0 Å². The molecule has 1 aromatic heterocycles. The first kappa shape index (κ1) is 14.8. The van der Waals surface area contributed by atoms with Crippen LogP contribution in [0.25, 0.3) is 0 Å². The largest absolute Gasteiger partial charge is 0.465 e. The van der Waals surface area contributed by atoms with Gasteiger partial charge in [0.25, 0.3) is 0 Å². The van der Waals surface area contributed by atoms with Crippen LogP contribution in [0.15, 0.2) is 0 Å². The number of methoxy groups -OCH3 is 1. The number of hydrogen-bond donors (Lipinski definition) is 1. The van der Waals surface area contributed by atoms with Crippen molar-refractivity contribution in [3.05, 3.63) is 10.4 Å². The SMILES string of the molecule is CC.COC(=O)c1snc(N)c1C#CSC. The molecule has 88 valence electrons. The van der Waals surface area contributed by atoms with Crippen molar-refractivity contribution >= 4 is 35.1 Å². The lowest BCUT2D eigenvalue weighted by molar-refractivity contribution is 0.0606. The second kappa shape index (κ2) is 8.02. The van der Waals surface area contributed by atoms with Gasteiger partial charge in [0, 0.05) is 0 Å². The molecular formula is C10H14N2O2S2. The lowest BCUT2D eigenvalue weighted by atomic mass is 10.2. The standard InChI is InChI=1S/C8H8N2O2S2.C2H6/c1-12-8(11)6-5(3-4-13-2)7(9)10-14-6;1-2/h1-2H3,(H2,9,10);1-2H3. The third-order valence-corrected chi connectivity index (χ3v) is 2.51. The average Bonchev–Trinajstić information content (AvgIpc) is 2.69. The minimum Gasteiger partial charge on any atom is -0.465 e. The number of aromatic nitrogens is 1. The van der Waals surface area contributed by atoms with Gasteiger partial charge in [0.1, 0.15) is 0 Å². The van der Waals surface area contributed by atoms with Crippen LogP contribution in [0.2, 0.25) is 0 Å². The van der Waals surface area contributed by atoms with Gasteiger partial charge in [-0.1, -0.05) is 25.6 Å². The fourth-order valence-electron chi connectivity index (χ4n) is 0.757. The van der Waals surface area contributed by atoms with Gasteiger partial charge < -0.3 is 10.5 Å². The summed E-state index contributed by atoms with van der Waals surface area (Å²) in [6.07, 6.45) is 1.83. The van der Waals surface area contributed by atoms with Crippen molar-refractivity contribution in [2.45, 2.75) is 13.8 Å². The predicted octanol–water partition coefficient (Wildman–Crippen LogP) is 2.21. The molecule has 0 saturated heterocycles. The molecule has 0 aliphatic heterocycles. The Kier molecular flexibility index (Phi) is 7.42. The van der Waals surface area contributed by atoms with E-state index in [1.54, 1.807) is 0 Å². The number of nitrogen functional groups attached to an aromatic ring is 1. The van der Waals surface area contributed by atoms with Crippen LogP contribution in [0, 0.1) is 11.2 Å². The Morgan fingerprint density at radius 2 is 2.19 bits per heavy atom. The summed E-state index contributed by atoms with van der Waals surface area (Å²) in [5.74, 6) is 2.58. The second-order valence-corrected chi connectivity index (χ2v) is 3.58. The monoisotopic (exact) mass is 258 g/mol. The molecule has 0 aliphatic carbocycles. The molecule has 6 heteroatoms. The van der Waals surface area contributed by atoms with Crippen LogP contribution in [0.1, 0.15) is 29.1 Å². The molecule has 0 radical (unpaired) electrons. The highest BCUT2D eigenvalue weighted by atomic mass is 32.2. The van der Waals surface area contributed by atoms with E-state index in [1.165, 1.54) is 18.9 Å². The molecule has 1 aromatic rings. The Morgan fingerprint density at radius 1 is 1.56 bits per heavy atom. The number of nitrogens with two attached hydrogens (primary N) is 1. The van der Waals surface area contributed by atoms with E-state index in [9.17, 15) is 4.79 Å². The lowest BCUT2D eigenvalue weighted by Gasteiger charge is -1.94. The maximum Gasteiger partial charge on any atom is 0.351 e. The summed E-state index contributed by atoms with van der Waals surface area (Å²) in [5, 5.41) is 2.76. The molecule has 0 atom stereocenters. The van der Waals surface area contributed by atoms with Gasteiger partial charge in [-0.2, -0.15) is 4.37 Å². The zero-order valence-electron chi connectivity index (χ0n) is 9.66. The third kappa shape index (κ3) is 3.76. The maximum absolute atomic E-state index is 11.2. The van der Waals surface area contributed by atoms with Gasteiger partial charge in [0.05, 0.1) is 12.7 Å². The molecule has 1 heterocycles. The summed E-state index contributed by atoms with van der Waals surface area (Å²) >= 11 is 2.34. The number of rotatable bonds is 1. The normalized spacial score (nSPS) is 8.25. The van der Waals surface area contributed by atoms with Crippen molar-refractivity contribution in [2.24, 2.45) is 0 Å². The maximum atomic E-state index is 11.2. The predicted molar refractivity (Wildman–Crippen MR) is 69.6 cm³/mol. The van der Waals surface area contributed by atoms with E-state index in [0.29, 0.717) is 10.4 Å². The summed E-state index contributed by atoms with van der Waals surface area (Å²) < 4.78 is 8.42. The summed E-state index contributed by atoms with van der Waals surface area (Å²) in [4.78, 5) is 11.6. The first-order chi connectivity index (χ1) is 7.70. The topological polar surface area (TPSA) is 65.2 Å². The van der Waals surface area contributed by atoms with Crippen molar-refractivity contribution in [1.82, 2.24) is 4.37 Å². The molecule has 4 nitrogen and oxygen atoms in total. The van der Waals surface area contributed by atoms with Crippen LogP contribution in [0.5, 0.6) is 0 Å². The van der Waals surface area contributed by atoms with Crippen molar-refractivity contribution in [3.63, 3.8) is 0 Å². The van der Waals surface area contributed by atoms with Crippen LogP contribution in [-0.4, -0.2) is 23.7 Å². The summed E-state index contributed by atoms with van der Waals surface area (Å²) in [7, 11) is 1.31. The smallest absolute Gasteiger partial charge is 0.351 e. The van der Waals surface area contributed by atoms with Gasteiger partial charge in [-0.25, -0.2) is 4.79 Å². The average molecular weight is 258 g/mol. The van der Waals surface area contributed by atoms with Crippen molar-refractivity contribution < 1.29 is 9.53 Å². The Bertz CT molecular complexity index is 405. The van der Waals surface area contributed by atoms with Crippen molar-refractivity contribution in [2.75, 3.05) is 19.1 Å². The number of hydrogen-bond acceptors (Lipinski definition) is 6. The van der Waals surface area contributed by atoms with Crippen LogP contribution in [-0.2, 0) is 4.74 Å². The minimum absolute atomic E-state index is 0.275. The minimum atomic E-state index is -0.454. The number of thioether (sulfide) groups is 1. The zero-order chi connectivity index (χ0) is 12.6. The van der Waals surface area contributed by atoms with Crippen molar-refractivity contribution in [1.29, 1.82) is 0 Å². The molecule has 2 N–H and O–H groups in total. The Balaban J connectivity index is 0.00000106. The summed E-state index contributed by atoms with van der Waals surface area (Å²) in [5.41, 5.74) is 6.01. The highest BCUT2D eigenvalue weighted by Gasteiger charge is 2.17. The molecule has 0 amide bonds. The van der Waals surface area contributed by atoms with Crippen LogP contribution >= 0.6 is 23.3 Å². The number of nitrogens with zero attached hydrogens (tertiary/aromatic N) is 1. The second-order valence-electron chi connectivity index (χ2n) is 2.19. The molecule has 16 heavy (non-hydrogen) atoms. The van der Waals surface area contributed by atoms with E-state index in [4.69, 9.17) is 5.73 Å². The van der Waals surface area contributed by atoms with Gasteiger partial charge in [0.2, 0.25) is 0 Å². The number of anilines is 1. The molecule has 0 unspecified atom stereocenters. The first-order valence-electron chi connectivity index (χ1n) is 4.58. The number of carbonyl (C=O) groups is 1. The molecule has 0 bridgehead atoms. The summed E-state index contributed by atoms with van der Waals surface area (Å²) in [6.45, 7) is 4.00. The summed E-state index contributed by atoms with van der Waals surface area (Å²) in [6, 6.07) is 0. The van der Waals surface area contributed by atoms with Gasteiger partial charge in [-0.15, -0.1) is 0 Å². The zero-order valence-corrected chi connectivity index (χ0v) is 11.3. The first-order valence-corrected chi connectivity index (χ1v) is 6.58. The van der Waals surface area contributed by atoms with Crippen LogP contribution in [0.4, 0.5) is 5.82 Å². The van der Waals surface area contributed by atoms with Crippen LogP contribution < -0.4 is 5.73 Å². The fraction of sp³-hybridized carbons (Fsp3) is 0.400. The quantitative estimate of drug-likeness (QED) is 0.618. The number of ether oxygens (including phenoxy) is 1. The molecule has 0 aromatic carbocycles. The molecule has 0 saturated carbocycles.